The van der Waals surface area contributed by atoms with E-state index in [1.165, 1.54) is 31.2 Å². The second-order valence-electron chi connectivity index (χ2n) is 5.27. The number of hydrogen-bond donors (Lipinski definition) is 1. The highest BCUT2D eigenvalue weighted by molar-refractivity contribution is 7.99. The van der Waals surface area contributed by atoms with Crippen molar-refractivity contribution < 1.29 is 5.11 Å². The Labute approximate surface area is 115 Å². The Morgan fingerprint density at radius 3 is 2.61 bits per heavy atom. The minimum atomic E-state index is -0.112. The van der Waals surface area contributed by atoms with Gasteiger partial charge >= 0.3 is 0 Å². The zero-order chi connectivity index (χ0) is 12.6. The van der Waals surface area contributed by atoms with Crippen LogP contribution in [0, 0.1) is 0 Å². The number of aliphatic hydroxyl groups is 1. The van der Waals surface area contributed by atoms with Gasteiger partial charge in [-0.25, -0.2) is 0 Å². The maximum absolute atomic E-state index is 9.97. The highest BCUT2D eigenvalue weighted by Gasteiger charge is 2.16. The van der Waals surface area contributed by atoms with Gasteiger partial charge in [0.2, 0.25) is 0 Å². The summed E-state index contributed by atoms with van der Waals surface area (Å²) >= 11 is 1.99. The van der Waals surface area contributed by atoms with Gasteiger partial charge in [-0.3, -0.25) is 0 Å². The first-order valence-electron chi connectivity index (χ1n) is 7.18. The molecule has 18 heavy (non-hydrogen) atoms. The minimum Gasteiger partial charge on any atom is -0.392 e. The molecule has 0 heterocycles. The molecule has 1 N–H and O–H groups in total. The summed E-state index contributed by atoms with van der Waals surface area (Å²) < 4.78 is 0. The predicted octanol–water partition coefficient (Wildman–Crippen LogP) is 4.05. The first-order valence-corrected chi connectivity index (χ1v) is 8.23. The maximum atomic E-state index is 9.97. The molecule has 0 spiro atoms. The summed E-state index contributed by atoms with van der Waals surface area (Å²) in [5.74, 6) is 0.930. The molecule has 0 aliphatic heterocycles. The van der Waals surface area contributed by atoms with Crippen LogP contribution in [0.2, 0.25) is 0 Å². The smallest absolute Gasteiger partial charge is 0.0630 e. The Balaban J connectivity index is 1.55. The summed E-state index contributed by atoms with van der Waals surface area (Å²) in [6.45, 7) is 0. The van der Waals surface area contributed by atoms with Crippen LogP contribution >= 0.6 is 11.8 Å². The van der Waals surface area contributed by atoms with Crippen molar-refractivity contribution in [2.45, 2.75) is 56.3 Å². The third kappa shape index (κ3) is 5.03. The normalized spacial score (nSPS) is 18.1. The Hall–Kier alpha value is -0.470. The lowest BCUT2D eigenvalue weighted by atomic mass is 10.1. The topological polar surface area (TPSA) is 20.2 Å². The van der Waals surface area contributed by atoms with E-state index >= 15 is 0 Å². The Bertz CT molecular complexity index is 319. The van der Waals surface area contributed by atoms with Gasteiger partial charge in [0.05, 0.1) is 6.10 Å². The monoisotopic (exact) mass is 264 g/mol. The second-order valence-corrected chi connectivity index (χ2v) is 6.60. The minimum absolute atomic E-state index is 0.112. The van der Waals surface area contributed by atoms with Gasteiger partial charge < -0.3 is 5.11 Å². The van der Waals surface area contributed by atoms with Crippen molar-refractivity contribution in [1.29, 1.82) is 0 Å². The van der Waals surface area contributed by atoms with E-state index in [1.807, 2.05) is 11.8 Å². The molecule has 0 bridgehead atoms. The number of thioether (sulfide) groups is 1. The molecule has 0 aromatic heterocycles. The Morgan fingerprint density at radius 1 is 1.17 bits per heavy atom. The molecule has 1 aliphatic rings. The van der Waals surface area contributed by atoms with Gasteiger partial charge in [-0.1, -0.05) is 43.2 Å². The fraction of sp³-hybridized carbons (Fsp3) is 0.625. The third-order valence-electron chi connectivity index (χ3n) is 3.67. The quantitative estimate of drug-likeness (QED) is 0.802. The van der Waals surface area contributed by atoms with Gasteiger partial charge in [0.1, 0.15) is 0 Å². The van der Waals surface area contributed by atoms with Crippen LogP contribution < -0.4 is 0 Å². The van der Waals surface area contributed by atoms with Crippen molar-refractivity contribution in [3.05, 3.63) is 35.9 Å². The number of aryl methyl sites for hydroxylation is 1. The molecule has 0 radical (unpaired) electrons. The average Bonchev–Trinajstić information content (AvgIpc) is 2.91. The Kier molecular flexibility index (Phi) is 6.09. The van der Waals surface area contributed by atoms with Crippen molar-refractivity contribution in [3.63, 3.8) is 0 Å². The van der Waals surface area contributed by atoms with E-state index in [0.29, 0.717) is 0 Å². The molecule has 1 atom stereocenters. The second kappa shape index (κ2) is 7.85. The molecule has 1 aromatic carbocycles. The first kappa shape index (κ1) is 14.0. The van der Waals surface area contributed by atoms with Crippen molar-refractivity contribution in [3.8, 4) is 0 Å². The fourth-order valence-corrected chi connectivity index (χ4v) is 3.90. The lowest BCUT2D eigenvalue weighted by Crippen LogP contribution is -2.12. The molecule has 2 rings (SSSR count). The van der Waals surface area contributed by atoms with Crippen molar-refractivity contribution in [1.82, 2.24) is 0 Å². The SMILES string of the molecule is OC(CCCc1ccccc1)CSC1CCCC1. The van der Waals surface area contributed by atoms with Crippen LogP contribution in [0.1, 0.15) is 44.1 Å². The van der Waals surface area contributed by atoms with Crippen LogP contribution in [0.4, 0.5) is 0 Å². The molecule has 1 nitrogen and oxygen atoms in total. The first-order chi connectivity index (χ1) is 8.84. The highest BCUT2D eigenvalue weighted by Crippen LogP contribution is 2.30. The number of hydrogen-bond acceptors (Lipinski definition) is 2. The Morgan fingerprint density at radius 2 is 1.89 bits per heavy atom. The van der Waals surface area contributed by atoms with Gasteiger partial charge in [-0.2, -0.15) is 11.8 Å². The van der Waals surface area contributed by atoms with Crippen LogP contribution in [0.25, 0.3) is 0 Å². The molecule has 1 aliphatic carbocycles. The predicted molar refractivity (Wildman–Crippen MR) is 80.1 cm³/mol. The van der Waals surface area contributed by atoms with Crippen LogP contribution in [0.15, 0.2) is 30.3 Å². The van der Waals surface area contributed by atoms with Crippen LogP contribution in [0.5, 0.6) is 0 Å². The van der Waals surface area contributed by atoms with Gasteiger partial charge in [0.25, 0.3) is 0 Å². The molecule has 2 heteroatoms. The lowest BCUT2D eigenvalue weighted by Gasteiger charge is -2.13. The van der Waals surface area contributed by atoms with Gasteiger partial charge in [-0.05, 0) is 37.7 Å². The highest BCUT2D eigenvalue weighted by atomic mass is 32.2. The van der Waals surface area contributed by atoms with Gasteiger partial charge in [0, 0.05) is 11.0 Å². The summed E-state index contributed by atoms with van der Waals surface area (Å²) in [6.07, 6.45) is 8.52. The molecular formula is C16H24OS. The number of benzene rings is 1. The molecule has 0 saturated heterocycles. The summed E-state index contributed by atoms with van der Waals surface area (Å²) in [5.41, 5.74) is 1.38. The average molecular weight is 264 g/mol. The molecule has 100 valence electrons. The van der Waals surface area contributed by atoms with Crippen molar-refractivity contribution in [2.75, 3.05) is 5.75 Å². The van der Waals surface area contributed by atoms with Crippen LogP contribution in [-0.2, 0) is 6.42 Å². The molecule has 1 fully saturated rings. The van der Waals surface area contributed by atoms with E-state index in [4.69, 9.17) is 0 Å². The van der Waals surface area contributed by atoms with Crippen molar-refractivity contribution >= 4 is 11.8 Å². The van der Waals surface area contributed by atoms with E-state index in [0.717, 1.165) is 30.3 Å². The zero-order valence-corrected chi connectivity index (χ0v) is 11.9. The lowest BCUT2D eigenvalue weighted by molar-refractivity contribution is 0.186. The molecule has 1 aromatic rings. The maximum Gasteiger partial charge on any atom is 0.0630 e. The molecule has 1 saturated carbocycles. The van der Waals surface area contributed by atoms with Gasteiger partial charge in [0.15, 0.2) is 0 Å². The van der Waals surface area contributed by atoms with Gasteiger partial charge in [-0.15, -0.1) is 0 Å². The molecular weight excluding hydrogens is 240 g/mol. The van der Waals surface area contributed by atoms with Crippen LogP contribution in [0.3, 0.4) is 0 Å². The standard InChI is InChI=1S/C16H24OS/c17-15(13-18-16-11-4-5-12-16)10-6-9-14-7-2-1-3-8-14/h1-3,7-8,15-17H,4-6,9-13H2. The molecule has 1 unspecified atom stereocenters. The van der Waals surface area contributed by atoms with E-state index in [1.54, 1.807) is 0 Å². The zero-order valence-electron chi connectivity index (χ0n) is 11.1. The summed E-state index contributed by atoms with van der Waals surface area (Å²) in [6, 6.07) is 10.6. The largest absolute Gasteiger partial charge is 0.392 e. The third-order valence-corrected chi connectivity index (χ3v) is 5.19. The molecule has 0 amide bonds. The van der Waals surface area contributed by atoms with E-state index < -0.39 is 0 Å². The number of rotatable bonds is 7. The fourth-order valence-electron chi connectivity index (χ4n) is 2.57. The van der Waals surface area contributed by atoms with E-state index in [-0.39, 0.29) is 6.10 Å². The summed E-state index contributed by atoms with van der Waals surface area (Å²) in [7, 11) is 0. The summed E-state index contributed by atoms with van der Waals surface area (Å²) in [4.78, 5) is 0. The van der Waals surface area contributed by atoms with E-state index in [9.17, 15) is 5.11 Å². The van der Waals surface area contributed by atoms with Crippen molar-refractivity contribution in [2.24, 2.45) is 0 Å². The number of aliphatic hydroxyl groups excluding tert-OH is 1. The summed E-state index contributed by atoms with van der Waals surface area (Å²) in [5, 5.41) is 10.8. The van der Waals surface area contributed by atoms with E-state index in [2.05, 4.69) is 30.3 Å². The van der Waals surface area contributed by atoms with Crippen LogP contribution in [-0.4, -0.2) is 22.2 Å².